The molecule has 0 aromatic carbocycles. The second-order valence-electron chi connectivity index (χ2n) is 9.97. The van der Waals surface area contributed by atoms with Crippen LogP contribution in [0.15, 0.2) is 0 Å². The molecular formula is C25H42N8O10. The van der Waals surface area contributed by atoms with Gasteiger partial charge in [-0.2, -0.15) is 0 Å². The highest BCUT2D eigenvalue weighted by Crippen LogP contribution is 2.19. The maximum absolute atomic E-state index is 13.0. The van der Waals surface area contributed by atoms with Gasteiger partial charge in [0, 0.05) is 19.4 Å². The number of nitrogens with one attached hydrogen (secondary N) is 4. The number of nitrogens with two attached hydrogens (primary N) is 3. The number of carboxylic acids is 2. The van der Waals surface area contributed by atoms with Gasteiger partial charge in [-0.05, 0) is 51.5 Å². The molecule has 0 radical (unpaired) electrons. The molecule has 1 fully saturated rings. The molecule has 242 valence electrons. The molecular weight excluding hydrogens is 572 g/mol. The van der Waals surface area contributed by atoms with E-state index in [9.17, 15) is 43.5 Å². The van der Waals surface area contributed by atoms with Crippen molar-refractivity contribution in [2.75, 3.05) is 26.2 Å². The number of likely N-dealkylation sites (tertiary alicyclic amines) is 1. The van der Waals surface area contributed by atoms with Gasteiger partial charge in [0.1, 0.15) is 24.2 Å². The average Bonchev–Trinajstić information content (AvgIpc) is 3.45. The highest BCUT2D eigenvalue weighted by molar-refractivity contribution is 5.95. The van der Waals surface area contributed by atoms with Gasteiger partial charge >= 0.3 is 11.9 Å². The van der Waals surface area contributed by atoms with E-state index in [2.05, 4.69) is 21.3 Å². The molecule has 0 aliphatic carbocycles. The summed E-state index contributed by atoms with van der Waals surface area (Å²) in [6, 6.07) is -4.85. The van der Waals surface area contributed by atoms with E-state index in [0.29, 0.717) is 25.8 Å². The summed E-state index contributed by atoms with van der Waals surface area (Å²) >= 11 is 0. The third kappa shape index (κ3) is 13.5. The average molecular weight is 615 g/mol. The van der Waals surface area contributed by atoms with Crippen LogP contribution in [-0.2, 0) is 38.4 Å². The summed E-state index contributed by atoms with van der Waals surface area (Å²) in [6.07, 6.45) is 0.483. The molecule has 12 N–H and O–H groups in total. The molecule has 0 aromatic heterocycles. The zero-order valence-electron chi connectivity index (χ0n) is 23.8. The lowest BCUT2D eigenvalue weighted by Gasteiger charge is -2.27. The molecule has 4 unspecified atom stereocenters. The third-order valence-electron chi connectivity index (χ3n) is 6.62. The number of carbonyl (C=O) groups excluding carboxylic acids is 6. The number of aliphatic carboxylic acids is 2. The first-order valence-electron chi connectivity index (χ1n) is 13.9. The molecule has 18 heteroatoms. The minimum absolute atomic E-state index is 0.106. The number of amides is 6. The number of nitrogens with zero attached hydrogens (tertiary/aromatic N) is 1. The zero-order valence-corrected chi connectivity index (χ0v) is 23.8. The van der Waals surface area contributed by atoms with Crippen LogP contribution in [0, 0.1) is 0 Å². The largest absolute Gasteiger partial charge is 0.481 e. The normalized spacial score (nSPS) is 16.3. The van der Waals surface area contributed by atoms with Crippen LogP contribution in [0.25, 0.3) is 0 Å². The maximum Gasteiger partial charge on any atom is 0.326 e. The molecule has 6 amide bonds. The van der Waals surface area contributed by atoms with Crippen molar-refractivity contribution in [1.82, 2.24) is 26.2 Å². The predicted molar refractivity (Wildman–Crippen MR) is 148 cm³/mol. The Balaban J connectivity index is 2.93. The van der Waals surface area contributed by atoms with Crippen molar-refractivity contribution < 1.29 is 48.6 Å². The molecule has 1 aliphatic rings. The Labute approximate surface area is 247 Å². The van der Waals surface area contributed by atoms with E-state index >= 15 is 0 Å². The molecule has 1 saturated heterocycles. The third-order valence-corrected chi connectivity index (χ3v) is 6.62. The fourth-order valence-corrected chi connectivity index (χ4v) is 4.39. The summed E-state index contributed by atoms with van der Waals surface area (Å²) < 4.78 is 0. The van der Waals surface area contributed by atoms with E-state index < -0.39 is 91.1 Å². The van der Waals surface area contributed by atoms with Crippen LogP contribution in [0.2, 0.25) is 0 Å². The zero-order chi connectivity index (χ0) is 32.5. The highest BCUT2D eigenvalue weighted by Gasteiger charge is 2.37. The van der Waals surface area contributed by atoms with Crippen LogP contribution < -0.4 is 38.5 Å². The second-order valence-corrected chi connectivity index (χ2v) is 9.97. The summed E-state index contributed by atoms with van der Waals surface area (Å²) in [4.78, 5) is 98.3. The predicted octanol–water partition coefficient (Wildman–Crippen LogP) is -4.15. The summed E-state index contributed by atoms with van der Waals surface area (Å²) in [5.41, 5.74) is 15.9. The van der Waals surface area contributed by atoms with Gasteiger partial charge in [0.05, 0.1) is 13.1 Å². The van der Waals surface area contributed by atoms with Gasteiger partial charge in [-0.3, -0.25) is 33.6 Å². The van der Waals surface area contributed by atoms with Gasteiger partial charge in [0.15, 0.2) is 0 Å². The molecule has 1 aliphatic heterocycles. The summed E-state index contributed by atoms with van der Waals surface area (Å²) in [5.74, 6) is -7.03. The lowest BCUT2D eigenvalue weighted by atomic mass is 10.1. The van der Waals surface area contributed by atoms with Crippen LogP contribution in [0.5, 0.6) is 0 Å². The van der Waals surface area contributed by atoms with Gasteiger partial charge in [-0.15, -0.1) is 0 Å². The van der Waals surface area contributed by atoms with Gasteiger partial charge in [0.25, 0.3) is 0 Å². The van der Waals surface area contributed by atoms with Gasteiger partial charge < -0.3 is 53.6 Å². The van der Waals surface area contributed by atoms with Crippen LogP contribution in [0.1, 0.15) is 57.8 Å². The lowest BCUT2D eigenvalue weighted by Crippen LogP contribution is -2.56. The van der Waals surface area contributed by atoms with Crippen molar-refractivity contribution in [2.24, 2.45) is 17.2 Å². The van der Waals surface area contributed by atoms with Crippen molar-refractivity contribution in [2.45, 2.75) is 82.0 Å². The quantitative estimate of drug-likeness (QED) is 0.0590. The van der Waals surface area contributed by atoms with E-state index in [1.54, 1.807) is 0 Å². The van der Waals surface area contributed by atoms with Crippen LogP contribution >= 0.6 is 0 Å². The van der Waals surface area contributed by atoms with Gasteiger partial charge in [-0.1, -0.05) is 0 Å². The molecule has 43 heavy (non-hydrogen) atoms. The molecule has 1 rings (SSSR count). The first-order chi connectivity index (χ1) is 20.3. The van der Waals surface area contributed by atoms with E-state index in [4.69, 9.17) is 22.3 Å². The Morgan fingerprint density at radius 3 is 2.00 bits per heavy atom. The van der Waals surface area contributed by atoms with Crippen molar-refractivity contribution in [3.8, 4) is 0 Å². The Morgan fingerprint density at radius 2 is 1.42 bits per heavy atom. The Morgan fingerprint density at radius 1 is 0.791 bits per heavy atom. The van der Waals surface area contributed by atoms with E-state index in [-0.39, 0.29) is 38.6 Å². The fourth-order valence-electron chi connectivity index (χ4n) is 4.39. The summed E-state index contributed by atoms with van der Waals surface area (Å²) in [6.45, 7) is -0.650. The van der Waals surface area contributed by atoms with Crippen LogP contribution in [-0.4, -0.2) is 113 Å². The lowest BCUT2D eigenvalue weighted by molar-refractivity contribution is -0.149. The Bertz CT molecular complexity index is 1040. The summed E-state index contributed by atoms with van der Waals surface area (Å²) in [5, 5.41) is 28.0. The van der Waals surface area contributed by atoms with Crippen molar-refractivity contribution in [3.63, 3.8) is 0 Å². The number of primary amides is 1. The molecule has 1 heterocycles. The maximum atomic E-state index is 13.0. The number of unbranched alkanes of at least 4 members (excludes halogenated alkanes) is 1. The second kappa shape index (κ2) is 19.0. The molecule has 0 aromatic rings. The summed E-state index contributed by atoms with van der Waals surface area (Å²) in [7, 11) is 0. The molecule has 18 nitrogen and oxygen atoms in total. The molecule has 0 spiro atoms. The standard InChI is InChI=1S/C25H42N8O10/c26-10-2-1-4-14(32-23(40)15(6-8-18(28)34)30-19(35)12-27)22(39)29-13-20(36)31-16(7-9-21(37)38)24(41)33-11-3-5-17(33)25(42)43/h14-17H,1-13,26-27H2,(H2,28,34)(H,29,39)(H,30,35)(H,31,36)(H,32,40)(H,37,38)(H,42,43). The number of rotatable bonds is 20. The number of carbonyl (C=O) groups is 8. The Kier molecular flexibility index (Phi) is 16.2. The highest BCUT2D eigenvalue weighted by atomic mass is 16.4. The minimum Gasteiger partial charge on any atom is -0.481 e. The first-order valence-corrected chi connectivity index (χ1v) is 13.9. The van der Waals surface area contributed by atoms with E-state index in [1.165, 1.54) is 0 Å². The number of hydrogen-bond donors (Lipinski definition) is 9. The number of hydrogen-bond acceptors (Lipinski definition) is 10. The molecule has 0 bridgehead atoms. The fraction of sp³-hybridized carbons (Fsp3) is 0.680. The number of carboxylic acid groups (broad SMARTS) is 2. The smallest absolute Gasteiger partial charge is 0.326 e. The van der Waals surface area contributed by atoms with Crippen LogP contribution in [0.4, 0.5) is 0 Å². The van der Waals surface area contributed by atoms with E-state index in [1.807, 2.05) is 0 Å². The molecule has 4 atom stereocenters. The Hall–Kier alpha value is -4.32. The monoisotopic (exact) mass is 614 g/mol. The van der Waals surface area contributed by atoms with Crippen molar-refractivity contribution in [3.05, 3.63) is 0 Å². The first kappa shape index (κ1) is 36.7. The van der Waals surface area contributed by atoms with Crippen molar-refractivity contribution >= 4 is 47.4 Å². The van der Waals surface area contributed by atoms with E-state index in [0.717, 1.165) is 4.90 Å². The topological polar surface area (TPSA) is 306 Å². The van der Waals surface area contributed by atoms with Gasteiger partial charge in [-0.25, -0.2) is 4.79 Å². The SMILES string of the molecule is NCCCCC(NC(=O)C(CCC(N)=O)NC(=O)CN)C(=O)NCC(=O)NC(CCC(=O)O)C(=O)N1CCCC1C(=O)O. The van der Waals surface area contributed by atoms with Crippen molar-refractivity contribution in [1.29, 1.82) is 0 Å². The van der Waals surface area contributed by atoms with Crippen LogP contribution in [0.3, 0.4) is 0 Å². The minimum atomic E-state index is -1.35. The molecule has 0 saturated carbocycles. The van der Waals surface area contributed by atoms with Gasteiger partial charge in [0.2, 0.25) is 35.4 Å².